The number of imidazole rings is 1. The van der Waals surface area contributed by atoms with Crippen LogP contribution in [0.4, 0.5) is 0 Å². The summed E-state index contributed by atoms with van der Waals surface area (Å²) in [7, 11) is 0. The van der Waals surface area contributed by atoms with E-state index in [1.807, 2.05) is 18.2 Å². The Morgan fingerprint density at radius 2 is 2.05 bits per heavy atom. The van der Waals surface area contributed by atoms with Crippen LogP contribution in [-0.2, 0) is 5.54 Å². The number of aromatic nitrogens is 2. The van der Waals surface area contributed by atoms with Gasteiger partial charge < -0.3 is 9.55 Å². The first-order valence-corrected chi connectivity index (χ1v) is 7.20. The van der Waals surface area contributed by atoms with E-state index >= 15 is 0 Å². The van der Waals surface area contributed by atoms with Crippen LogP contribution >= 0.6 is 12.2 Å². The zero-order valence-corrected chi connectivity index (χ0v) is 11.9. The van der Waals surface area contributed by atoms with Crippen molar-refractivity contribution >= 4 is 23.3 Å². The van der Waals surface area contributed by atoms with Crippen molar-refractivity contribution in [1.29, 1.82) is 5.26 Å². The van der Waals surface area contributed by atoms with E-state index in [0.29, 0.717) is 5.56 Å². The highest BCUT2D eigenvalue weighted by molar-refractivity contribution is 7.71. The summed E-state index contributed by atoms with van der Waals surface area (Å²) in [5, 5.41) is 9.07. The van der Waals surface area contributed by atoms with Gasteiger partial charge >= 0.3 is 0 Å². The molecule has 0 unspecified atom stereocenters. The summed E-state index contributed by atoms with van der Waals surface area (Å²) in [6.45, 7) is 2.29. The summed E-state index contributed by atoms with van der Waals surface area (Å²) >= 11 is 5.51. The number of benzene rings is 1. The van der Waals surface area contributed by atoms with Crippen molar-refractivity contribution < 1.29 is 0 Å². The smallest absolute Gasteiger partial charge is 0.178 e. The summed E-state index contributed by atoms with van der Waals surface area (Å²) in [4.78, 5) is 3.27. The number of hydrogen-bond acceptors (Lipinski definition) is 2. The molecule has 0 atom stereocenters. The lowest BCUT2D eigenvalue weighted by Crippen LogP contribution is -2.32. The summed E-state index contributed by atoms with van der Waals surface area (Å²) in [5.74, 6) is 0. The molecular formula is C15H17N3S. The Bertz CT molecular complexity index is 711. The topological polar surface area (TPSA) is 44.5 Å². The molecule has 19 heavy (non-hydrogen) atoms. The van der Waals surface area contributed by atoms with Crippen molar-refractivity contribution in [1.82, 2.24) is 9.55 Å². The largest absolute Gasteiger partial charge is 0.331 e. The number of nitriles is 1. The predicted molar refractivity (Wildman–Crippen MR) is 78.6 cm³/mol. The first-order chi connectivity index (χ1) is 9.14. The molecule has 1 saturated carbocycles. The second-order valence-corrected chi connectivity index (χ2v) is 6.05. The SMILES string of the molecule is CC1(n2c(=S)[nH]c3ccc(C#N)cc32)CCCCC1. The van der Waals surface area contributed by atoms with Gasteiger partial charge in [-0.05, 0) is 50.2 Å². The minimum absolute atomic E-state index is 0.0850. The van der Waals surface area contributed by atoms with Gasteiger partial charge in [-0.25, -0.2) is 0 Å². The lowest BCUT2D eigenvalue weighted by atomic mass is 9.83. The number of rotatable bonds is 1. The molecule has 1 N–H and O–H groups in total. The summed E-state index contributed by atoms with van der Waals surface area (Å²) in [5.41, 5.74) is 2.86. The van der Waals surface area contributed by atoms with Gasteiger partial charge in [-0.3, -0.25) is 0 Å². The van der Waals surface area contributed by atoms with Crippen LogP contribution in [-0.4, -0.2) is 9.55 Å². The first-order valence-electron chi connectivity index (χ1n) is 6.79. The lowest BCUT2D eigenvalue weighted by molar-refractivity contribution is 0.222. The number of aromatic amines is 1. The second-order valence-electron chi connectivity index (χ2n) is 5.67. The molecular weight excluding hydrogens is 254 g/mol. The maximum absolute atomic E-state index is 9.07. The van der Waals surface area contributed by atoms with Gasteiger partial charge in [0.1, 0.15) is 0 Å². The third-order valence-corrected chi connectivity index (χ3v) is 4.57. The summed E-state index contributed by atoms with van der Waals surface area (Å²) in [6, 6.07) is 7.94. The fraction of sp³-hybridized carbons (Fsp3) is 0.467. The molecule has 1 aliphatic rings. The first kappa shape index (κ1) is 12.4. The molecule has 0 radical (unpaired) electrons. The van der Waals surface area contributed by atoms with Crippen LogP contribution in [0.3, 0.4) is 0 Å². The molecule has 1 aromatic heterocycles. The minimum Gasteiger partial charge on any atom is -0.331 e. The minimum atomic E-state index is 0.0850. The molecule has 0 amide bonds. The van der Waals surface area contributed by atoms with Crippen LogP contribution in [0.25, 0.3) is 11.0 Å². The number of H-pyrrole nitrogens is 1. The van der Waals surface area contributed by atoms with E-state index in [9.17, 15) is 0 Å². The third kappa shape index (κ3) is 1.98. The lowest BCUT2D eigenvalue weighted by Gasteiger charge is -2.35. The number of nitrogens with one attached hydrogen (secondary N) is 1. The molecule has 3 nitrogen and oxygen atoms in total. The number of fused-ring (bicyclic) bond motifs is 1. The molecule has 1 aliphatic carbocycles. The summed E-state index contributed by atoms with van der Waals surface area (Å²) in [6.07, 6.45) is 6.14. The fourth-order valence-electron chi connectivity index (χ4n) is 3.25. The van der Waals surface area contributed by atoms with E-state index in [4.69, 9.17) is 17.5 Å². The van der Waals surface area contributed by atoms with Gasteiger partial charge in [0.15, 0.2) is 4.77 Å². The van der Waals surface area contributed by atoms with Crippen molar-refractivity contribution in [3.8, 4) is 6.07 Å². The molecule has 98 valence electrons. The second kappa shape index (κ2) is 4.50. The van der Waals surface area contributed by atoms with E-state index < -0.39 is 0 Å². The molecule has 0 aliphatic heterocycles. The molecule has 1 fully saturated rings. The molecule has 0 spiro atoms. The van der Waals surface area contributed by atoms with Gasteiger partial charge in [0.05, 0.1) is 22.7 Å². The van der Waals surface area contributed by atoms with Crippen molar-refractivity contribution in [3.63, 3.8) is 0 Å². The van der Waals surface area contributed by atoms with Crippen LogP contribution < -0.4 is 0 Å². The average Bonchev–Trinajstić information content (AvgIpc) is 2.74. The van der Waals surface area contributed by atoms with E-state index in [1.54, 1.807) is 0 Å². The van der Waals surface area contributed by atoms with Gasteiger partial charge in [0.2, 0.25) is 0 Å². The Morgan fingerprint density at radius 1 is 1.32 bits per heavy atom. The van der Waals surface area contributed by atoms with E-state index in [0.717, 1.165) is 28.6 Å². The van der Waals surface area contributed by atoms with Crippen LogP contribution in [0.15, 0.2) is 18.2 Å². The van der Waals surface area contributed by atoms with Crippen molar-refractivity contribution in [3.05, 3.63) is 28.5 Å². The summed E-state index contributed by atoms with van der Waals surface area (Å²) < 4.78 is 3.01. The quantitative estimate of drug-likeness (QED) is 0.788. The normalized spacial score (nSPS) is 18.3. The zero-order chi connectivity index (χ0) is 13.5. The highest BCUT2D eigenvalue weighted by atomic mass is 32.1. The third-order valence-electron chi connectivity index (χ3n) is 4.28. The van der Waals surface area contributed by atoms with Crippen LogP contribution in [0, 0.1) is 16.1 Å². The maximum Gasteiger partial charge on any atom is 0.178 e. The molecule has 1 aromatic carbocycles. The fourth-order valence-corrected chi connectivity index (χ4v) is 3.67. The zero-order valence-electron chi connectivity index (χ0n) is 11.1. The molecule has 0 saturated heterocycles. The monoisotopic (exact) mass is 271 g/mol. The van der Waals surface area contributed by atoms with Gasteiger partial charge in [-0.2, -0.15) is 5.26 Å². The van der Waals surface area contributed by atoms with Gasteiger partial charge in [-0.1, -0.05) is 19.3 Å². The Balaban J connectivity index is 2.25. The number of hydrogen-bond donors (Lipinski definition) is 1. The van der Waals surface area contributed by atoms with E-state index in [1.165, 1.54) is 19.3 Å². The predicted octanol–water partition coefficient (Wildman–Crippen LogP) is 4.25. The molecule has 3 rings (SSSR count). The van der Waals surface area contributed by atoms with Crippen LogP contribution in [0.1, 0.15) is 44.6 Å². The standard InChI is InChI=1S/C15H17N3S/c1-15(7-3-2-4-8-15)18-13-9-11(10-16)5-6-12(13)17-14(18)19/h5-6,9H,2-4,7-8H2,1H3,(H,17,19). The maximum atomic E-state index is 9.07. The highest BCUT2D eigenvalue weighted by Crippen LogP contribution is 2.37. The highest BCUT2D eigenvalue weighted by Gasteiger charge is 2.30. The van der Waals surface area contributed by atoms with Crippen molar-refractivity contribution in [2.75, 3.05) is 0 Å². The Morgan fingerprint density at radius 3 is 2.74 bits per heavy atom. The van der Waals surface area contributed by atoms with E-state index in [2.05, 4.69) is 22.5 Å². The average molecular weight is 271 g/mol. The van der Waals surface area contributed by atoms with Gasteiger partial charge in [0.25, 0.3) is 0 Å². The Hall–Kier alpha value is -1.60. The van der Waals surface area contributed by atoms with Crippen molar-refractivity contribution in [2.24, 2.45) is 0 Å². The van der Waals surface area contributed by atoms with Crippen LogP contribution in [0.5, 0.6) is 0 Å². The Kier molecular flexibility index (Phi) is 2.94. The van der Waals surface area contributed by atoms with Crippen LogP contribution in [0.2, 0.25) is 0 Å². The van der Waals surface area contributed by atoms with Gasteiger partial charge in [-0.15, -0.1) is 0 Å². The van der Waals surface area contributed by atoms with Crippen molar-refractivity contribution in [2.45, 2.75) is 44.6 Å². The van der Waals surface area contributed by atoms with Gasteiger partial charge in [0, 0.05) is 5.54 Å². The van der Waals surface area contributed by atoms with E-state index in [-0.39, 0.29) is 5.54 Å². The Labute approximate surface area is 117 Å². The molecule has 0 bridgehead atoms. The molecule has 4 heteroatoms. The number of nitrogens with zero attached hydrogens (tertiary/aromatic N) is 2. The molecule has 1 heterocycles. The molecule has 2 aromatic rings.